The third-order valence-electron chi connectivity index (χ3n) is 4.39. The highest BCUT2D eigenvalue weighted by Crippen LogP contribution is 2.21. The summed E-state index contributed by atoms with van der Waals surface area (Å²) in [5.74, 6) is -0.135. The van der Waals surface area contributed by atoms with E-state index in [0.717, 1.165) is 30.0 Å². The maximum absolute atomic E-state index is 12.5. The van der Waals surface area contributed by atoms with E-state index >= 15 is 0 Å². The van der Waals surface area contributed by atoms with Gasteiger partial charge in [0.2, 0.25) is 5.91 Å². The molecule has 1 amide bonds. The molecule has 1 aromatic carbocycles. The minimum atomic E-state index is -0.838. The normalized spacial score (nSPS) is 16.8. The number of rotatable bonds is 6. The minimum absolute atomic E-state index is 0.135. The summed E-state index contributed by atoms with van der Waals surface area (Å²) in [5.41, 5.74) is 10.2. The molecule has 0 aliphatic carbocycles. The van der Waals surface area contributed by atoms with Crippen LogP contribution < -0.4 is 11.1 Å². The smallest absolute Gasteiger partial charge is 0.244 e. The second-order valence-corrected chi connectivity index (χ2v) is 7.29. The first-order valence-corrected chi connectivity index (χ1v) is 9.32. The van der Waals surface area contributed by atoms with Crippen LogP contribution in [0.3, 0.4) is 0 Å². The number of aromatic nitrogens is 1. The van der Waals surface area contributed by atoms with Crippen LogP contribution in [0, 0.1) is 0 Å². The third-order valence-corrected chi connectivity index (χ3v) is 5.03. The standard InChI is InChI=1S/C18H24N4O2S/c1-22(11-16-12-25-13-20-16)10-14-3-2-4-15(9-14)21-17(23)18(19)5-7-24-8-6-18/h2-4,9,12-13H,5-8,10-11,19H2,1H3,(H,21,23). The summed E-state index contributed by atoms with van der Waals surface area (Å²) in [7, 11) is 2.06. The van der Waals surface area contributed by atoms with Gasteiger partial charge in [-0.25, -0.2) is 4.98 Å². The first-order chi connectivity index (χ1) is 12.0. The molecule has 134 valence electrons. The fraction of sp³-hybridized carbons (Fsp3) is 0.444. The Labute approximate surface area is 152 Å². The van der Waals surface area contributed by atoms with Crippen LogP contribution in [0.25, 0.3) is 0 Å². The van der Waals surface area contributed by atoms with Crippen LogP contribution in [0.2, 0.25) is 0 Å². The van der Waals surface area contributed by atoms with Crippen molar-refractivity contribution in [3.63, 3.8) is 0 Å². The Kier molecular flexibility index (Phi) is 5.80. The van der Waals surface area contributed by atoms with Crippen LogP contribution in [0.5, 0.6) is 0 Å². The summed E-state index contributed by atoms with van der Waals surface area (Å²) >= 11 is 1.60. The van der Waals surface area contributed by atoms with Crippen LogP contribution in [0.1, 0.15) is 24.1 Å². The molecule has 0 radical (unpaired) electrons. The number of benzene rings is 1. The summed E-state index contributed by atoms with van der Waals surface area (Å²) < 4.78 is 5.30. The summed E-state index contributed by atoms with van der Waals surface area (Å²) in [5, 5.41) is 5.02. The van der Waals surface area contributed by atoms with E-state index in [0.29, 0.717) is 26.1 Å². The second kappa shape index (κ2) is 8.05. The van der Waals surface area contributed by atoms with Gasteiger partial charge in [0.15, 0.2) is 0 Å². The van der Waals surface area contributed by atoms with Gasteiger partial charge in [-0.15, -0.1) is 11.3 Å². The Morgan fingerprint density at radius 2 is 2.20 bits per heavy atom. The number of thiazole rings is 1. The molecule has 1 fully saturated rings. The Hall–Kier alpha value is -1.80. The number of nitrogens with one attached hydrogen (secondary N) is 1. The predicted octanol–water partition coefficient (Wildman–Crippen LogP) is 2.22. The second-order valence-electron chi connectivity index (χ2n) is 6.58. The monoisotopic (exact) mass is 360 g/mol. The van der Waals surface area contributed by atoms with Gasteiger partial charge in [-0.3, -0.25) is 9.69 Å². The topological polar surface area (TPSA) is 80.5 Å². The molecule has 1 aliphatic heterocycles. The Morgan fingerprint density at radius 1 is 1.40 bits per heavy atom. The lowest BCUT2D eigenvalue weighted by atomic mass is 9.90. The van der Waals surface area contributed by atoms with Crippen LogP contribution in [0.4, 0.5) is 5.69 Å². The number of carbonyl (C=O) groups excluding carboxylic acids is 1. The van der Waals surface area contributed by atoms with Gasteiger partial charge in [0, 0.05) is 37.4 Å². The van der Waals surface area contributed by atoms with Crippen molar-refractivity contribution in [3.8, 4) is 0 Å². The number of nitrogens with zero attached hydrogens (tertiary/aromatic N) is 2. The van der Waals surface area contributed by atoms with E-state index in [2.05, 4.69) is 33.7 Å². The molecule has 25 heavy (non-hydrogen) atoms. The number of nitrogens with two attached hydrogens (primary N) is 1. The molecule has 7 heteroatoms. The van der Waals surface area contributed by atoms with Gasteiger partial charge in [0.25, 0.3) is 0 Å². The van der Waals surface area contributed by atoms with Gasteiger partial charge >= 0.3 is 0 Å². The molecule has 2 aromatic rings. The first-order valence-electron chi connectivity index (χ1n) is 8.38. The number of amides is 1. The van der Waals surface area contributed by atoms with Gasteiger partial charge in [-0.2, -0.15) is 0 Å². The lowest BCUT2D eigenvalue weighted by molar-refractivity contribution is -0.124. The Balaban J connectivity index is 1.60. The van der Waals surface area contributed by atoms with Gasteiger partial charge in [-0.05, 0) is 37.6 Å². The zero-order valence-electron chi connectivity index (χ0n) is 14.4. The number of hydrogen-bond donors (Lipinski definition) is 2. The third kappa shape index (κ3) is 4.85. The molecule has 0 unspecified atom stereocenters. The average molecular weight is 360 g/mol. The van der Waals surface area contributed by atoms with Crippen LogP contribution in [0.15, 0.2) is 35.2 Å². The van der Waals surface area contributed by atoms with Crippen LogP contribution >= 0.6 is 11.3 Å². The van der Waals surface area contributed by atoms with Crippen molar-refractivity contribution >= 4 is 22.9 Å². The molecule has 1 aliphatic rings. The Morgan fingerprint density at radius 3 is 2.92 bits per heavy atom. The fourth-order valence-electron chi connectivity index (χ4n) is 2.93. The lowest BCUT2D eigenvalue weighted by Crippen LogP contribution is -2.54. The molecule has 2 heterocycles. The van der Waals surface area contributed by atoms with E-state index in [1.54, 1.807) is 11.3 Å². The van der Waals surface area contributed by atoms with Crippen molar-refractivity contribution in [2.45, 2.75) is 31.5 Å². The van der Waals surface area contributed by atoms with Gasteiger partial charge in [0.05, 0.1) is 11.2 Å². The summed E-state index contributed by atoms with van der Waals surface area (Å²) in [6.45, 7) is 2.64. The van der Waals surface area contributed by atoms with Crippen LogP contribution in [-0.4, -0.2) is 41.6 Å². The molecule has 1 aromatic heterocycles. The maximum Gasteiger partial charge on any atom is 0.244 e. The van der Waals surface area contributed by atoms with E-state index in [4.69, 9.17) is 10.5 Å². The van der Waals surface area contributed by atoms with E-state index < -0.39 is 5.54 Å². The molecule has 0 atom stereocenters. The zero-order chi connectivity index (χ0) is 17.7. The number of ether oxygens (including phenoxy) is 1. The van der Waals surface area contributed by atoms with Crippen molar-refractivity contribution in [1.29, 1.82) is 0 Å². The summed E-state index contributed by atoms with van der Waals surface area (Å²) in [6.07, 6.45) is 1.10. The molecule has 0 bridgehead atoms. The Bertz CT molecular complexity index is 699. The highest BCUT2D eigenvalue weighted by atomic mass is 32.1. The molecule has 6 nitrogen and oxygen atoms in total. The average Bonchev–Trinajstić information content (AvgIpc) is 3.08. The quantitative estimate of drug-likeness (QED) is 0.826. The van der Waals surface area contributed by atoms with E-state index in [1.807, 2.05) is 23.7 Å². The summed E-state index contributed by atoms with van der Waals surface area (Å²) in [4.78, 5) is 19.0. The van der Waals surface area contributed by atoms with Crippen molar-refractivity contribution in [2.24, 2.45) is 5.73 Å². The molecule has 0 spiro atoms. The molecular weight excluding hydrogens is 336 g/mol. The SMILES string of the molecule is CN(Cc1cccc(NC(=O)C2(N)CCOCC2)c1)Cc1cscn1. The van der Waals surface area contributed by atoms with E-state index in [-0.39, 0.29) is 5.91 Å². The van der Waals surface area contributed by atoms with Gasteiger partial charge in [0.1, 0.15) is 5.54 Å². The number of hydrogen-bond acceptors (Lipinski definition) is 6. The van der Waals surface area contributed by atoms with Crippen molar-refractivity contribution in [1.82, 2.24) is 9.88 Å². The van der Waals surface area contributed by atoms with Crippen molar-refractivity contribution < 1.29 is 9.53 Å². The number of carbonyl (C=O) groups is 1. The van der Waals surface area contributed by atoms with E-state index in [1.165, 1.54) is 0 Å². The van der Waals surface area contributed by atoms with Crippen LogP contribution in [-0.2, 0) is 22.6 Å². The molecular formula is C18H24N4O2S. The largest absolute Gasteiger partial charge is 0.381 e. The van der Waals surface area contributed by atoms with E-state index in [9.17, 15) is 4.79 Å². The number of anilines is 1. The molecule has 3 N–H and O–H groups in total. The highest BCUT2D eigenvalue weighted by molar-refractivity contribution is 7.07. The molecule has 0 saturated carbocycles. The van der Waals surface area contributed by atoms with Gasteiger partial charge < -0.3 is 15.8 Å². The predicted molar refractivity (Wildman–Crippen MR) is 99.3 cm³/mol. The minimum Gasteiger partial charge on any atom is -0.381 e. The van der Waals surface area contributed by atoms with Crippen molar-refractivity contribution in [3.05, 3.63) is 46.4 Å². The molecule has 1 saturated heterocycles. The lowest BCUT2D eigenvalue weighted by Gasteiger charge is -2.31. The van der Waals surface area contributed by atoms with Crippen molar-refractivity contribution in [2.75, 3.05) is 25.6 Å². The zero-order valence-corrected chi connectivity index (χ0v) is 15.2. The summed E-state index contributed by atoms with van der Waals surface area (Å²) in [6, 6.07) is 7.90. The van der Waals surface area contributed by atoms with Gasteiger partial charge in [-0.1, -0.05) is 12.1 Å². The molecule has 3 rings (SSSR count). The first kappa shape index (κ1) is 18.0. The highest BCUT2D eigenvalue weighted by Gasteiger charge is 2.35. The maximum atomic E-state index is 12.5. The fourth-order valence-corrected chi connectivity index (χ4v) is 3.48.